The van der Waals surface area contributed by atoms with Crippen molar-refractivity contribution in [1.29, 1.82) is 0 Å². The number of hydrogen-bond donors (Lipinski definition) is 2. The predicted molar refractivity (Wildman–Crippen MR) is 52.7 cm³/mol. The second-order valence-electron chi connectivity index (χ2n) is 2.65. The summed E-state index contributed by atoms with van der Waals surface area (Å²) in [7, 11) is 0. The van der Waals surface area contributed by atoms with E-state index in [1.54, 1.807) is 12.3 Å². The largest absolute Gasteiger partial charge is 0.411 e. The number of nitrogens with zero attached hydrogens (tertiary/aromatic N) is 1. The number of oxime groups is 1. The van der Waals surface area contributed by atoms with Gasteiger partial charge in [-0.15, -0.1) is 0 Å². The van der Waals surface area contributed by atoms with Crippen LogP contribution >= 0.6 is 11.6 Å². The molecule has 0 atom stereocenters. The lowest BCUT2D eigenvalue weighted by molar-refractivity contribution is 0.322. The summed E-state index contributed by atoms with van der Waals surface area (Å²) in [5.74, 6) is 0. The summed E-state index contributed by atoms with van der Waals surface area (Å²) in [6.45, 7) is 0. The maximum atomic E-state index is 8.39. The molecule has 0 saturated carbocycles. The number of para-hydroxylation sites is 1. The van der Waals surface area contributed by atoms with Gasteiger partial charge in [-0.2, -0.15) is 0 Å². The summed E-state index contributed by atoms with van der Waals surface area (Å²) in [4.78, 5) is 3.01. The van der Waals surface area contributed by atoms with Crippen molar-refractivity contribution in [2.45, 2.75) is 0 Å². The summed E-state index contributed by atoms with van der Waals surface area (Å²) in [5.41, 5.74) is 1.68. The van der Waals surface area contributed by atoms with Gasteiger partial charge in [-0.1, -0.05) is 28.9 Å². The third-order valence-corrected chi connectivity index (χ3v) is 2.21. The molecule has 0 aliphatic rings. The van der Waals surface area contributed by atoms with Gasteiger partial charge in [-0.25, -0.2) is 0 Å². The lowest BCUT2D eigenvalue weighted by Crippen LogP contribution is -1.76. The zero-order chi connectivity index (χ0) is 9.26. The van der Waals surface area contributed by atoms with E-state index in [9.17, 15) is 0 Å². The van der Waals surface area contributed by atoms with Crippen LogP contribution in [0.4, 0.5) is 0 Å². The van der Waals surface area contributed by atoms with E-state index in [1.165, 1.54) is 6.21 Å². The van der Waals surface area contributed by atoms with Crippen molar-refractivity contribution in [3.05, 3.63) is 35.0 Å². The summed E-state index contributed by atoms with van der Waals surface area (Å²) in [6, 6.07) is 5.57. The molecule has 66 valence electrons. The number of halogens is 1. The molecule has 0 saturated heterocycles. The van der Waals surface area contributed by atoms with E-state index >= 15 is 0 Å². The van der Waals surface area contributed by atoms with Gasteiger partial charge in [-0.3, -0.25) is 0 Å². The monoisotopic (exact) mass is 194 g/mol. The minimum atomic E-state index is 0.662. The number of aromatic amines is 1. The van der Waals surface area contributed by atoms with Gasteiger partial charge >= 0.3 is 0 Å². The number of hydrogen-bond acceptors (Lipinski definition) is 2. The van der Waals surface area contributed by atoms with Crippen molar-refractivity contribution in [3.8, 4) is 0 Å². The zero-order valence-electron chi connectivity index (χ0n) is 6.66. The third-order valence-electron chi connectivity index (χ3n) is 1.89. The van der Waals surface area contributed by atoms with E-state index in [0.29, 0.717) is 5.02 Å². The van der Waals surface area contributed by atoms with Gasteiger partial charge < -0.3 is 10.2 Å². The SMILES string of the molecule is O/N=C\c1c[nH]c2c(Cl)cccc12. The molecular formula is C9H7ClN2O. The van der Waals surface area contributed by atoms with Crippen LogP contribution in [0.25, 0.3) is 10.9 Å². The molecule has 0 fully saturated rings. The number of H-pyrrole nitrogens is 1. The second kappa shape index (κ2) is 3.11. The van der Waals surface area contributed by atoms with E-state index in [-0.39, 0.29) is 0 Å². The summed E-state index contributed by atoms with van der Waals surface area (Å²) in [6.07, 6.45) is 3.12. The quantitative estimate of drug-likeness (QED) is 0.409. The molecule has 0 radical (unpaired) electrons. The lowest BCUT2D eigenvalue weighted by atomic mass is 10.2. The normalized spacial score (nSPS) is 11.5. The molecule has 0 spiro atoms. The van der Waals surface area contributed by atoms with Crippen molar-refractivity contribution in [2.24, 2.45) is 5.16 Å². The van der Waals surface area contributed by atoms with Crippen molar-refractivity contribution < 1.29 is 5.21 Å². The standard InChI is InChI=1S/C9H7ClN2O/c10-8-3-1-2-7-6(5-12-13)4-11-9(7)8/h1-5,11,13H/b12-5-. The average molecular weight is 195 g/mol. The summed E-state index contributed by atoms with van der Waals surface area (Å²) >= 11 is 5.93. The van der Waals surface area contributed by atoms with Gasteiger partial charge in [0.05, 0.1) is 16.8 Å². The van der Waals surface area contributed by atoms with Crippen LogP contribution in [0.1, 0.15) is 5.56 Å². The molecule has 0 bridgehead atoms. The lowest BCUT2D eigenvalue weighted by Gasteiger charge is -1.92. The molecular weight excluding hydrogens is 188 g/mol. The minimum Gasteiger partial charge on any atom is -0.411 e. The number of benzene rings is 1. The maximum Gasteiger partial charge on any atom is 0.0755 e. The second-order valence-corrected chi connectivity index (χ2v) is 3.06. The van der Waals surface area contributed by atoms with Gasteiger partial charge in [-0.05, 0) is 6.07 Å². The molecule has 2 N–H and O–H groups in total. The molecule has 0 aliphatic heterocycles. The van der Waals surface area contributed by atoms with Gasteiger partial charge in [0.1, 0.15) is 0 Å². The highest BCUT2D eigenvalue weighted by molar-refractivity contribution is 6.35. The first-order valence-corrected chi connectivity index (χ1v) is 4.14. The summed E-state index contributed by atoms with van der Waals surface area (Å²) in [5, 5.41) is 13.0. The van der Waals surface area contributed by atoms with Crippen LogP contribution in [0, 0.1) is 0 Å². The van der Waals surface area contributed by atoms with Crippen LogP contribution in [0.2, 0.25) is 5.02 Å². The third kappa shape index (κ3) is 1.27. The Morgan fingerprint density at radius 3 is 3.08 bits per heavy atom. The minimum absolute atomic E-state index is 0.662. The first-order chi connectivity index (χ1) is 6.33. The van der Waals surface area contributed by atoms with Gasteiger partial charge in [0.25, 0.3) is 0 Å². The molecule has 0 unspecified atom stereocenters. The van der Waals surface area contributed by atoms with Crippen molar-refractivity contribution in [3.63, 3.8) is 0 Å². The van der Waals surface area contributed by atoms with E-state index < -0.39 is 0 Å². The number of fused-ring (bicyclic) bond motifs is 1. The molecule has 2 rings (SSSR count). The highest BCUT2D eigenvalue weighted by atomic mass is 35.5. The molecule has 1 heterocycles. The Morgan fingerprint density at radius 2 is 2.31 bits per heavy atom. The van der Waals surface area contributed by atoms with E-state index in [4.69, 9.17) is 16.8 Å². The molecule has 13 heavy (non-hydrogen) atoms. The number of nitrogens with one attached hydrogen (secondary N) is 1. The van der Waals surface area contributed by atoms with Crippen LogP contribution in [0.15, 0.2) is 29.6 Å². The molecule has 2 aromatic rings. The van der Waals surface area contributed by atoms with Crippen molar-refractivity contribution in [2.75, 3.05) is 0 Å². The van der Waals surface area contributed by atoms with Crippen LogP contribution in [0.5, 0.6) is 0 Å². The Kier molecular flexibility index (Phi) is 1.94. The molecule has 0 aliphatic carbocycles. The molecule has 3 nitrogen and oxygen atoms in total. The van der Waals surface area contributed by atoms with Crippen LogP contribution in [0.3, 0.4) is 0 Å². The van der Waals surface area contributed by atoms with Crippen molar-refractivity contribution >= 4 is 28.7 Å². The Morgan fingerprint density at radius 1 is 1.46 bits per heavy atom. The fourth-order valence-corrected chi connectivity index (χ4v) is 1.54. The fourth-order valence-electron chi connectivity index (χ4n) is 1.31. The fraction of sp³-hybridized carbons (Fsp3) is 0. The predicted octanol–water partition coefficient (Wildman–Crippen LogP) is 2.63. The van der Waals surface area contributed by atoms with Crippen molar-refractivity contribution in [1.82, 2.24) is 4.98 Å². The summed E-state index contributed by atoms with van der Waals surface area (Å²) < 4.78 is 0. The van der Waals surface area contributed by atoms with E-state index in [2.05, 4.69) is 10.1 Å². The van der Waals surface area contributed by atoms with Gasteiger partial charge in [0.2, 0.25) is 0 Å². The zero-order valence-corrected chi connectivity index (χ0v) is 7.42. The van der Waals surface area contributed by atoms with Gasteiger partial charge in [0.15, 0.2) is 0 Å². The highest BCUT2D eigenvalue weighted by Gasteiger charge is 2.03. The Balaban J connectivity index is 2.75. The molecule has 1 aromatic heterocycles. The first kappa shape index (κ1) is 8.13. The molecule has 4 heteroatoms. The Labute approximate surface area is 79.6 Å². The average Bonchev–Trinajstić information content (AvgIpc) is 2.51. The Bertz CT molecular complexity index is 462. The molecule has 1 aromatic carbocycles. The van der Waals surface area contributed by atoms with E-state index in [0.717, 1.165) is 16.5 Å². The van der Waals surface area contributed by atoms with Crippen LogP contribution in [-0.4, -0.2) is 16.4 Å². The Hall–Kier alpha value is -1.48. The van der Waals surface area contributed by atoms with E-state index in [1.807, 2.05) is 12.1 Å². The topological polar surface area (TPSA) is 48.4 Å². The van der Waals surface area contributed by atoms with Gasteiger partial charge in [0, 0.05) is 17.1 Å². The maximum absolute atomic E-state index is 8.39. The smallest absolute Gasteiger partial charge is 0.0755 e. The highest BCUT2D eigenvalue weighted by Crippen LogP contribution is 2.23. The number of aromatic nitrogens is 1. The van der Waals surface area contributed by atoms with Crippen LogP contribution in [-0.2, 0) is 0 Å². The first-order valence-electron chi connectivity index (χ1n) is 3.76. The number of rotatable bonds is 1. The van der Waals surface area contributed by atoms with Crippen LogP contribution < -0.4 is 0 Å². The molecule has 0 amide bonds.